The van der Waals surface area contributed by atoms with Gasteiger partial charge in [-0.15, -0.1) is 0 Å². The molecule has 8 nitrogen and oxygen atoms in total. The third-order valence-electron chi connectivity index (χ3n) is 7.54. The number of hydrogen-bond donors (Lipinski definition) is 2. The Morgan fingerprint density at radius 3 is 2.41 bits per heavy atom. The Morgan fingerprint density at radius 2 is 1.74 bits per heavy atom. The lowest BCUT2D eigenvalue weighted by Gasteiger charge is -2.32. The van der Waals surface area contributed by atoms with Gasteiger partial charge in [0.15, 0.2) is 11.5 Å². The van der Waals surface area contributed by atoms with E-state index in [2.05, 4.69) is 10.6 Å². The van der Waals surface area contributed by atoms with Gasteiger partial charge in [-0.25, -0.2) is 0 Å². The van der Waals surface area contributed by atoms with Crippen LogP contribution in [0.5, 0.6) is 11.5 Å². The summed E-state index contributed by atoms with van der Waals surface area (Å²) in [5, 5.41) is 6.64. The summed E-state index contributed by atoms with van der Waals surface area (Å²) in [6, 6.07) is 15.2. The van der Waals surface area contributed by atoms with E-state index in [4.69, 9.17) is 14.2 Å². The number of hydrogen-bond acceptors (Lipinski definition) is 6. The SMILES string of the molecule is COCCCOc1cc(C(=O)N(C[C@@H]2CNC[C@H]2CNC(=O)C(C)(C)c2ccccc2)C(C)C)ccc1OC. The van der Waals surface area contributed by atoms with Crippen LogP contribution in [0.15, 0.2) is 48.5 Å². The maximum Gasteiger partial charge on any atom is 0.254 e. The smallest absolute Gasteiger partial charge is 0.254 e. The van der Waals surface area contributed by atoms with E-state index in [1.54, 1.807) is 32.4 Å². The van der Waals surface area contributed by atoms with E-state index in [0.29, 0.717) is 43.4 Å². The molecule has 2 aromatic rings. The third kappa shape index (κ3) is 7.96. The normalized spacial score (nSPS) is 17.2. The molecule has 0 spiro atoms. The summed E-state index contributed by atoms with van der Waals surface area (Å²) in [5.74, 6) is 1.55. The Morgan fingerprint density at radius 1 is 1.03 bits per heavy atom. The van der Waals surface area contributed by atoms with Gasteiger partial charge < -0.3 is 29.7 Å². The lowest BCUT2D eigenvalue weighted by atomic mass is 9.83. The van der Waals surface area contributed by atoms with Crippen molar-refractivity contribution in [3.05, 3.63) is 59.7 Å². The summed E-state index contributed by atoms with van der Waals surface area (Å²) in [6.07, 6.45) is 0.741. The highest BCUT2D eigenvalue weighted by Crippen LogP contribution is 2.30. The van der Waals surface area contributed by atoms with E-state index < -0.39 is 5.41 Å². The Bertz CT molecular complexity index is 1070. The molecule has 2 atom stereocenters. The third-order valence-corrected chi connectivity index (χ3v) is 7.54. The highest BCUT2D eigenvalue weighted by Gasteiger charge is 2.34. The molecular formula is C31H45N3O5. The molecule has 1 aliphatic rings. The summed E-state index contributed by atoms with van der Waals surface area (Å²) in [4.78, 5) is 28.7. The first-order valence-corrected chi connectivity index (χ1v) is 13.8. The number of methoxy groups -OCH3 is 2. The van der Waals surface area contributed by atoms with Crippen molar-refractivity contribution >= 4 is 11.8 Å². The molecule has 39 heavy (non-hydrogen) atoms. The zero-order chi connectivity index (χ0) is 28.4. The van der Waals surface area contributed by atoms with Crippen LogP contribution in [0.25, 0.3) is 0 Å². The van der Waals surface area contributed by atoms with Crippen LogP contribution in [0.3, 0.4) is 0 Å². The summed E-state index contributed by atoms with van der Waals surface area (Å²) < 4.78 is 16.4. The van der Waals surface area contributed by atoms with E-state index in [0.717, 1.165) is 25.1 Å². The minimum atomic E-state index is -0.625. The van der Waals surface area contributed by atoms with Crippen molar-refractivity contribution in [1.82, 2.24) is 15.5 Å². The molecule has 2 amide bonds. The van der Waals surface area contributed by atoms with E-state index in [1.165, 1.54) is 0 Å². The van der Waals surface area contributed by atoms with Crippen molar-refractivity contribution in [3.8, 4) is 11.5 Å². The predicted molar refractivity (Wildman–Crippen MR) is 153 cm³/mol. The van der Waals surface area contributed by atoms with Crippen LogP contribution in [0, 0.1) is 11.8 Å². The van der Waals surface area contributed by atoms with Crippen molar-refractivity contribution in [3.63, 3.8) is 0 Å². The van der Waals surface area contributed by atoms with Gasteiger partial charge in [-0.05, 0) is 63.3 Å². The van der Waals surface area contributed by atoms with Crippen LogP contribution in [-0.4, -0.2) is 76.4 Å². The first-order chi connectivity index (χ1) is 18.7. The summed E-state index contributed by atoms with van der Waals surface area (Å²) in [6.45, 7) is 11.8. The second-order valence-electron chi connectivity index (χ2n) is 11.0. The lowest BCUT2D eigenvalue weighted by molar-refractivity contribution is -0.125. The molecule has 1 fully saturated rings. The highest BCUT2D eigenvalue weighted by atomic mass is 16.5. The van der Waals surface area contributed by atoms with Crippen molar-refractivity contribution in [2.75, 3.05) is 53.6 Å². The first kappa shape index (κ1) is 30.4. The van der Waals surface area contributed by atoms with Gasteiger partial charge in [0.25, 0.3) is 5.91 Å². The van der Waals surface area contributed by atoms with E-state index in [-0.39, 0.29) is 29.7 Å². The fourth-order valence-corrected chi connectivity index (χ4v) is 4.93. The number of carbonyl (C=O) groups is 2. The van der Waals surface area contributed by atoms with Gasteiger partial charge in [-0.1, -0.05) is 30.3 Å². The van der Waals surface area contributed by atoms with E-state index in [1.807, 2.05) is 62.9 Å². The molecule has 1 saturated heterocycles. The highest BCUT2D eigenvalue weighted by molar-refractivity contribution is 5.95. The minimum absolute atomic E-state index is 0.00686. The van der Waals surface area contributed by atoms with Gasteiger partial charge in [0.2, 0.25) is 5.91 Å². The molecule has 2 aromatic carbocycles. The summed E-state index contributed by atoms with van der Waals surface area (Å²) in [7, 11) is 3.25. The Kier molecular flexibility index (Phi) is 11.2. The molecule has 0 aliphatic carbocycles. The Balaban J connectivity index is 1.66. The van der Waals surface area contributed by atoms with Gasteiger partial charge in [0.05, 0.1) is 19.1 Å². The molecule has 8 heteroatoms. The molecule has 0 saturated carbocycles. The maximum absolute atomic E-state index is 13.7. The van der Waals surface area contributed by atoms with Crippen molar-refractivity contribution < 1.29 is 23.8 Å². The van der Waals surface area contributed by atoms with Crippen LogP contribution in [0.4, 0.5) is 0 Å². The van der Waals surface area contributed by atoms with E-state index >= 15 is 0 Å². The molecule has 0 aromatic heterocycles. The van der Waals surface area contributed by atoms with E-state index in [9.17, 15) is 9.59 Å². The van der Waals surface area contributed by atoms with Crippen LogP contribution < -0.4 is 20.1 Å². The zero-order valence-corrected chi connectivity index (χ0v) is 24.3. The number of nitrogens with zero attached hydrogens (tertiary/aromatic N) is 1. The molecule has 0 bridgehead atoms. The molecule has 3 rings (SSSR count). The fraction of sp³-hybridized carbons (Fsp3) is 0.548. The number of amides is 2. The van der Waals surface area contributed by atoms with Gasteiger partial charge >= 0.3 is 0 Å². The molecule has 2 N–H and O–H groups in total. The molecule has 1 heterocycles. The lowest BCUT2D eigenvalue weighted by Crippen LogP contribution is -2.46. The van der Waals surface area contributed by atoms with Gasteiger partial charge in [0, 0.05) is 57.9 Å². The topological polar surface area (TPSA) is 89.1 Å². The molecule has 214 valence electrons. The average molecular weight is 540 g/mol. The quantitative estimate of drug-likeness (QED) is 0.354. The van der Waals surface area contributed by atoms with Gasteiger partial charge in [0.1, 0.15) is 0 Å². The Hall–Kier alpha value is -3.10. The molecule has 0 radical (unpaired) electrons. The second kappa shape index (κ2) is 14.3. The maximum atomic E-state index is 13.7. The molecule has 0 unspecified atom stereocenters. The average Bonchev–Trinajstić information content (AvgIpc) is 3.39. The summed E-state index contributed by atoms with van der Waals surface area (Å²) >= 11 is 0. The standard InChI is InChI=1S/C31H45N3O5/c1-22(2)34(29(35)23-13-14-27(38-6)28(17-23)39-16-10-15-37-5)21-25-19-32-18-24(25)20-33-30(36)31(3,4)26-11-8-7-9-12-26/h7-9,11-14,17,22,24-25,32H,10,15-16,18-21H2,1-6H3,(H,33,36)/t24-,25-/m0/s1. The largest absolute Gasteiger partial charge is 0.493 e. The van der Waals surface area contributed by atoms with Gasteiger partial charge in [-0.2, -0.15) is 0 Å². The second-order valence-corrected chi connectivity index (χ2v) is 11.0. The fourth-order valence-electron chi connectivity index (χ4n) is 4.93. The summed E-state index contributed by atoms with van der Waals surface area (Å²) in [5.41, 5.74) is 0.925. The predicted octanol–water partition coefficient (Wildman–Crippen LogP) is 3.89. The van der Waals surface area contributed by atoms with Gasteiger partial charge in [-0.3, -0.25) is 9.59 Å². The minimum Gasteiger partial charge on any atom is -0.493 e. The molecule has 1 aliphatic heterocycles. The van der Waals surface area contributed by atoms with Crippen molar-refractivity contribution in [1.29, 1.82) is 0 Å². The monoisotopic (exact) mass is 539 g/mol. The zero-order valence-electron chi connectivity index (χ0n) is 24.3. The number of nitrogens with one attached hydrogen (secondary N) is 2. The van der Waals surface area contributed by atoms with Crippen molar-refractivity contribution in [2.45, 2.75) is 45.6 Å². The van der Waals surface area contributed by atoms with Crippen LogP contribution in [0.1, 0.15) is 50.0 Å². The number of carbonyl (C=O) groups excluding carboxylic acids is 2. The van der Waals surface area contributed by atoms with Crippen LogP contribution >= 0.6 is 0 Å². The number of ether oxygens (including phenoxy) is 3. The van der Waals surface area contributed by atoms with Crippen LogP contribution in [-0.2, 0) is 14.9 Å². The number of benzene rings is 2. The Labute approximate surface area is 233 Å². The van der Waals surface area contributed by atoms with Crippen molar-refractivity contribution in [2.24, 2.45) is 11.8 Å². The number of rotatable bonds is 14. The molecular weight excluding hydrogens is 494 g/mol. The first-order valence-electron chi connectivity index (χ1n) is 13.8. The van der Waals surface area contributed by atoms with Crippen LogP contribution in [0.2, 0.25) is 0 Å².